The predicted molar refractivity (Wildman–Crippen MR) is 43.8 cm³/mol. The van der Waals surface area contributed by atoms with E-state index in [0.717, 1.165) is 18.8 Å². The number of rotatable bonds is 2. The third-order valence-electron chi connectivity index (χ3n) is 2.45. The maximum atomic E-state index is 12.5. The Morgan fingerprint density at radius 3 is 3.17 bits per heavy atom. The van der Waals surface area contributed by atoms with E-state index in [4.69, 9.17) is 4.42 Å². The molecule has 0 saturated carbocycles. The maximum Gasteiger partial charge on any atom is 0.108 e. The quantitative estimate of drug-likeness (QED) is 0.726. The molecule has 2 heterocycles. The van der Waals surface area contributed by atoms with Crippen LogP contribution >= 0.6 is 0 Å². The van der Waals surface area contributed by atoms with Crippen LogP contribution in [0.3, 0.4) is 0 Å². The largest absolute Gasteiger partial charge is 0.469 e. The molecule has 2 atom stereocenters. The van der Waals surface area contributed by atoms with Crippen molar-refractivity contribution in [2.24, 2.45) is 5.92 Å². The fourth-order valence-corrected chi connectivity index (χ4v) is 1.73. The standard InChI is InChI=1S/C9H12FNO/c10-4-7-5-11-6-8(7)9-2-1-3-12-9/h1-3,7-8,11H,4-6H2/t7-,8-/m0/s1. The fourth-order valence-electron chi connectivity index (χ4n) is 1.73. The molecule has 12 heavy (non-hydrogen) atoms. The van der Waals surface area contributed by atoms with Gasteiger partial charge in [-0.3, -0.25) is 4.39 Å². The molecule has 1 aliphatic heterocycles. The van der Waals surface area contributed by atoms with Crippen molar-refractivity contribution in [3.05, 3.63) is 24.2 Å². The zero-order chi connectivity index (χ0) is 8.39. The van der Waals surface area contributed by atoms with Gasteiger partial charge in [-0.25, -0.2) is 0 Å². The van der Waals surface area contributed by atoms with E-state index in [-0.39, 0.29) is 18.5 Å². The van der Waals surface area contributed by atoms with Gasteiger partial charge in [0.2, 0.25) is 0 Å². The molecule has 0 amide bonds. The maximum absolute atomic E-state index is 12.5. The summed E-state index contributed by atoms with van der Waals surface area (Å²) >= 11 is 0. The molecule has 1 aromatic rings. The SMILES string of the molecule is FC[C@H]1CNC[C@@H]1c1ccco1. The van der Waals surface area contributed by atoms with Crippen molar-refractivity contribution < 1.29 is 8.81 Å². The lowest BCUT2D eigenvalue weighted by atomic mass is 9.95. The van der Waals surface area contributed by atoms with Gasteiger partial charge >= 0.3 is 0 Å². The van der Waals surface area contributed by atoms with Gasteiger partial charge in [0.15, 0.2) is 0 Å². The van der Waals surface area contributed by atoms with Crippen LogP contribution < -0.4 is 5.32 Å². The van der Waals surface area contributed by atoms with Crippen LogP contribution in [0.25, 0.3) is 0 Å². The van der Waals surface area contributed by atoms with Gasteiger partial charge in [0.1, 0.15) is 5.76 Å². The van der Waals surface area contributed by atoms with Crippen molar-refractivity contribution in [1.82, 2.24) is 5.32 Å². The molecule has 2 nitrogen and oxygen atoms in total. The van der Waals surface area contributed by atoms with Crippen molar-refractivity contribution in [2.75, 3.05) is 19.8 Å². The Morgan fingerprint density at radius 2 is 2.50 bits per heavy atom. The number of nitrogens with one attached hydrogen (secondary N) is 1. The van der Waals surface area contributed by atoms with Gasteiger partial charge in [0.05, 0.1) is 12.9 Å². The molecule has 1 fully saturated rings. The van der Waals surface area contributed by atoms with Crippen LogP contribution in [-0.4, -0.2) is 19.8 Å². The number of alkyl halides is 1. The average Bonchev–Trinajstić information content (AvgIpc) is 2.74. The van der Waals surface area contributed by atoms with E-state index in [2.05, 4.69) is 5.32 Å². The van der Waals surface area contributed by atoms with Crippen molar-refractivity contribution >= 4 is 0 Å². The second-order valence-corrected chi connectivity index (χ2v) is 3.19. The smallest absolute Gasteiger partial charge is 0.108 e. The summed E-state index contributed by atoms with van der Waals surface area (Å²) < 4.78 is 17.7. The summed E-state index contributed by atoms with van der Waals surface area (Å²) in [5.41, 5.74) is 0. The number of halogens is 1. The molecule has 3 heteroatoms. The number of hydrogen-bond acceptors (Lipinski definition) is 2. The molecule has 0 radical (unpaired) electrons. The van der Waals surface area contributed by atoms with E-state index in [1.54, 1.807) is 6.26 Å². The summed E-state index contributed by atoms with van der Waals surface area (Å²) in [7, 11) is 0. The molecule has 0 unspecified atom stereocenters. The summed E-state index contributed by atoms with van der Waals surface area (Å²) in [4.78, 5) is 0. The molecular formula is C9H12FNO. The molecule has 0 aromatic carbocycles. The Balaban J connectivity index is 2.13. The van der Waals surface area contributed by atoms with Crippen molar-refractivity contribution in [3.63, 3.8) is 0 Å². The van der Waals surface area contributed by atoms with E-state index in [9.17, 15) is 4.39 Å². The lowest BCUT2D eigenvalue weighted by molar-refractivity contribution is 0.331. The van der Waals surface area contributed by atoms with Gasteiger partial charge in [-0.1, -0.05) is 0 Å². The summed E-state index contributed by atoms with van der Waals surface area (Å²) in [6, 6.07) is 3.77. The molecule has 0 spiro atoms. The van der Waals surface area contributed by atoms with E-state index in [1.165, 1.54) is 0 Å². The first kappa shape index (κ1) is 7.80. The first-order chi connectivity index (χ1) is 5.92. The van der Waals surface area contributed by atoms with E-state index in [1.807, 2.05) is 12.1 Å². The molecular weight excluding hydrogens is 157 g/mol. The summed E-state index contributed by atoms with van der Waals surface area (Å²) in [6.07, 6.45) is 1.64. The normalized spacial score (nSPS) is 29.4. The van der Waals surface area contributed by atoms with E-state index in [0.29, 0.717) is 0 Å². The Kier molecular flexibility index (Phi) is 2.13. The Hall–Kier alpha value is -0.830. The predicted octanol–water partition coefficient (Wildman–Crippen LogP) is 1.55. The summed E-state index contributed by atoms with van der Waals surface area (Å²) in [5.74, 6) is 1.23. The van der Waals surface area contributed by atoms with Crippen LogP contribution in [0.5, 0.6) is 0 Å². The first-order valence-electron chi connectivity index (χ1n) is 4.22. The average molecular weight is 169 g/mol. The molecule has 2 rings (SSSR count). The minimum absolute atomic E-state index is 0.0937. The molecule has 1 aromatic heterocycles. The minimum atomic E-state index is -0.266. The van der Waals surface area contributed by atoms with Crippen molar-refractivity contribution in [1.29, 1.82) is 0 Å². The van der Waals surface area contributed by atoms with Gasteiger partial charge in [0.25, 0.3) is 0 Å². The van der Waals surface area contributed by atoms with Crippen LogP contribution in [-0.2, 0) is 0 Å². The summed E-state index contributed by atoms with van der Waals surface area (Å²) in [6.45, 7) is 1.34. The molecule has 66 valence electrons. The van der Waals surface area contributed by atoms with Gasteiger partial charge < -0.3 is 9.73 Å². The zero-order valence-corrected chi connectivity index (χ0v) is 6.79. The second kappa shape index (κ2) is 3.27. The lowest BCUT2D eigenvalue weighted by Crippen LogP contribution is -2.12. The highest BCUT2D eigenvalue weighted by atomic mass is 19.1. The molecule has 0 aliphatic carbocycles. The van der Waals surface area contributed by atoms with E-state index >= 15 is 0 Å². The van der Waals surface area contributed by atoms with Gasteiger partial charge in [-0.15, -0.1) is 0 Å². The third-order valence-corrected chi connectivity index (χ3v) is 2.45. The summed E-state index contributed by atoms with van der Waals surface area (Å²) in [5, 5.41) is 3.16. The van der Waals surface area contributed by atoms with Gasteiger partial charge in [-0.2, -0.15) is 0 Å². The highest BCUT2D eigenvalue weighted by Crippen LogP contribution is 2.28. The third kappa shape index (κ3) is 1.25. The first-order valence-corrected chi connectivity index (χ1v) is 4.22. The van der Waals surface area contributed by atoms with Crippen LogP contribution in [0.4, 0.5) is 4.39 Å². The molecule has 1 aliphatic rings. The Labute approximate surface area is 70.8 Å². The topological polar surface area (TPSA) is 25.2 Å². The van der Waals surface area contributed by atoms with Crippen molar-refractivity contribution in [3.8, 4) is 0 Å². The number of hydrogen-bond donors (Lipinski definition) is 1. The van der Waals surface area contributed by atoms with E-state index < -0.39 is 0 Å². The lowest BCUT2D eigenvalue weighted by Gasteiger charge is -2.11. The highest BCUT2D eigenvalue weighted by molar-refractivity contribution is 5.10. The van der Waals surface area contributed by atoms with Crippen molar-refractivity contribution in [2.45, 2.75) is 5.92 Å². The Bertz CT molecular complexity index is 235. The molecule has 1 N–H and O–H groups in total. The number of furan rings is 1. The highest BCUT2D eigenvalue weighted by Gasteiger charge is 2.29. The van der Waals surface area contributed by atoms with Crippen LogP contribution in [0.2, 0.25) is 0 Å². The van der Waals surface area contributed by atoms with Crippen LogP contribution in [0.15, 0.2) is 22.8 Å². The Morgan fingerprint density at radius 1 is 1.58 bits per heavy atom. The van der Waals surface area contributed by atoms with Crippen LogP contribution in [0.1, 0.15) is 11.7 Å². The zero-order valence-electron chi connectivity index (χ0n) is 6.79. The monoisotopic (exact) mass is 169 g/mol. The molecule has 1 saturated heterocycles. The van der Waals surface area contributed by atoms with Gasteiger partial charge in [0, 0.05) is 24.9 Å². The van der Waals surface area contributed by atoms with Crippen LogP contribution in [0, 0.1) is 5.92 Å². The molecule has 0 bridgehead atoms. The van der Waals surface area contributed by atoms with Gasteiger partial charge in [-0.05, 0) is 12.1 Å². The fraction of sp³-hybridized carbons (Fsp3) is 0.556. The second-order valence-electron chi connectivity index (χ2n) is 3.19. The minimum Gasteiger partial charge on any atom is -0.469 e.